The average Bonchev–Trinajstić information content (AvgIpc) is 3.12. The maximum absolute atomic E-state index is 12.3. The summed E-state index contributed by atoms with van der Waals surface area (Å²) in [6.07, 6.45) is 3.96. The molecule has 0 atom stereocenters. The molecule has 2 aromatic rings. The van der Waals surface area contributed by atoms with Crippen LogP contribution >= 0.6 is 11.3 Å². The number of furan rings is 1. The lowest BCUT2D eigenvalue weighted by atomic mass is 10.3. The highest BCUT2D eigenvalue weighted by Gasteiger charge is 2.25. The second-order valence-electron chi connectivity index (χ2n) is 6.83. The minimum atomic E-state index is -0.0757. The summed E-state index contributed by atoms with van der Waals surface area (Å²) in [6.45, 7) is 4.38. The zero-order valence-corrected chi connectivity index (χ0v) is 15.3. The number of thiazole rings is 1. The highest BCUT2D eigenvalue weighted by atomic mass is 32.1. The Morgan fingerprint density at radius 2 is 2.08 bits per heavy atom. The van der Waals surface area contributed by atoms with Crippen molar-refractivity contribution in [3.63, 3.8) is 0 Å². The number of hydrogen-bond donors (Lipinski definition) is 1. The second kappa shape index (κ2) is 7.59. The van der Waals surface area contributed by atoms with Gasteiger partial charge in [-0.2, -0.15) is 0 Å². The SMILES string of the molecule is O=C(NCC1CC1)c1csc(CN2CCN(C(=O)c3ccco3)CC2)n1. The van der Waals surface area contributed by atoms with Gasteiger partial charge in [-0.3, -0.25) is 14.5 Å². The lowest BCUT2D eigenvalue weighted by molar-refractivity contribution is 0.0597. The van der Waals surface area contributed by atoms with Crippen LogP contribution in [0.4, 0.5) is 0 Å². The highest BCUT2D eigenvalue weighted by Crippen LogP contribution is 2.27. The first-order valence-corrected chi connectivity index (χ1v) is 9.85. The van der Waals surface area contributed by atoms with Gasteiger partial charge in [-0.15, -0.1) is 11.3 Å². The third-order valence-electron chi connectivity index (χ3n) is 4.78. The molecule has 1 saturated heterocycles. The predicted octanol–water partition coefficient (Wildman–Crippen LogP) is 1.83. The van der Waals surface area contributed by atoms with E-state index in [-0.39, 0.29) is 11.8 Å². The van der Waals surface area contributed by atoms with Crippen LogP contribution in [0.2, 0.25) is 0 Å². The molecule has 8 heteroatoms. The van der Waals surface area contributed by atoms with E-state index in [0.29, 0.717) is 37.0 Å². The third kappa shape index (κ3) is 4.13. The van der Waals surface area contributed by atoms with E-state index in [1.54, 1.807) is 12.1 Å². The number of carbonyl (C=O) groups is 2. The Bertz CT molecular complexity index is 761. The minimum Gasteiger partial charge on any atom is -0.459 e. The summed E-state index contributed by atoms with van der Waals surface area (Å²) < 4.78 is 5.18. The smallest absolute Gasteiger partial charge is 0.289 e. The van der Waals surface area contributed by atoms with E-state index in [9.17, 15) is 9.59 Å². The summed E-state index contributed by atoms with van der Waals surface area (Å²) in [7, 11) is 0. The van der Waals surface area contributed by atoms with E-state index in [2.05, 4.69) is 15.2 Å². The molecule has 1 aliphatic carbocycles. The number of piperazine rings is 1. The number of nitrogens with zero attached hydrogens (tertiary/aromatic N) is 3. The van der Waals surface area contributed by atoms with Gasteiger partial charge in [-0.25, -0.2) is 4.98 Å². The summed E-state index contributed by atoms with van der Waals surface area (Å²) in [6, 6.07) is 3.42. The van der Waals surface area contributed by atoms with Crippen molar-refractivity contribution in [2.75, 3.05) is 32.7 Å². The molecule has 138 valence electrons. The molecule has 1 N–H and O–H groups in total. The van der Waals surface area contributed by atoms with Crippen LogP contribution in [-0.2, 0) is 6.54 Å². The molecule has 4 rings (SSSR count). The molecule has 1 aliphatic heterocycles. The standard InChI is InChI=1S/C18H22N4O3S/c23-17(19-10-13-3-4-13)14-12-26-16(20-14)11-21-5-7-22(8-6-21)18(24)15-2-1-9-25-15/h1-2,9,12-13H,3-8,10-11H2,(H,19,23). The largest absolute Gasteiger partial charge is 0.459 e. The van der Waals surface area contributed by atoms with Crippen LogP contribution in [0, 0.1) is 5.92 Å². The molecule has 0 radical (unpaired) electrons. The fourth-order valence-electron chi connectivity index (χ4n) is 2.99. The molecule has 26 heavy (non-hydrogen) atoms. The molecular weight excluding hydrogens is 352 g/mol. The van der Waals surface area contributed by atoms with Crippen LogP contribution < -0.4 is 5.32 Å². The van der Waals surface area contributed by atoms with Crippen LogP contribution in [0.15, 0.2) is 28.2 Å². The molecule has 1 saturated carbocycles. The maximum Gasteiger partial charge on any atom is 0.289 e. The van der Waals surface area contributed by atoms with Crippen molar-refractivity contribution in [1.29, 1.82) is 0 Å². The van der Waals surface area contributed by atoms with Crippen LogP contribution in [0.3, 0.4) is 0 Å². The summed E-state index contributed by atoms with van der Waals surface area (Å²) in [5, 5.41) is 5.71. The highest BCUT2D eigenvalue weighted by molar-refractivity contribution is 7.09. The Hall–Kier alpha value is -2.19. The molecule has 7 nitrogen and oxygen atoms in total. The average molecular weight is 374 g/mol. The Morgan fingerprint density at radius 3 is 2.77 bits per heavy atom. The van der Waals surface area contributed by atoms with Crippen molar-refractivity contribution < 1.29 is 14.0 Å². The van der Waals surface area contributed by atoms with E-state index in [4.69, 9.17) is 4.42 Å². The lowest BCUT2D eigenvalue weighted by Crippen LogP contribution is -2.48. The Kier molecular flexibility index (Phi) is 5.03. The van der Waals surface area contributed by atoms with Crippen LogP contribution in [-0.4, -0.2) is 59.3 Å². The van der Waals surface area contributed by atoms with Crippen molar-refractivity contribution in [2.45, 2.75) is 19.4 Å². The maximum atomic E-state index is 12.3. The van der Waals surface area contributed by atoms with Gasteiger partial charge < -0.3 is 14.6 Å². The number of rotatable bonds is 6. The molecule has 0 unspecified atom stereocenters. The lowest BCUT2D eigenvalue weighted by Gasteiger charge is -2.33. The zero-order valence-electron chi connectivity index (χ0n) is 14.5. The number of nitrogens with one attached hydrogen (secondary N) is 1. The van der Waals surface area contributed by atoms with E-state index in [1.165, 1.54) is 30.4 Å². The molecule has 2 aliphatic rings. The normalized spacial score (nSPS) is 18.1. The van der Waals surface area contributed by atoms with Gasteiger partial charge in [-0.1, -0.05) is 0 Å². The summed E-state index contributed by atoms with van der Waals surface area (Å²) in [4.78, 5) is 32.9. The number of carbonyl (C=O) groups excluding carboxylic acids is 2. The van der Waals surface area contributed by atoms with Crippen LogP contribution in [0.5, 0.6) is 0 Å². The number of hydrogen-bond acceptors (Lipinski definition) is 6. The van der Waals surface area contributed by atoms with E-state index >= 15 is 0 Å². The zero-order chi connectivity index (χ0) is 17.9. The molecule has 0 bridgehead atoms. The first-order valence-electron chi connectivity index (χ1n) is 8.97. The van der Waals surface area contributed by atoms with Gasteiger partial charge in [0.25, 0.3) is 11.8 Å². The molecule has 3 heterocycles. The van der Waals surface area contributed by atoms with Gasteiger partial charge in [-0.05, 0) is 30.9 Å². The van der Waals surface area contributed by atoms with Crippen LogP contribution in [0.1, 0.15) is 38.9 Å². The van der Waals surface area contributed by atoms with Gasteiger partial charge in [0.1, 0.15) is 10.7 Å². The van der Waals surface area contributed by atoms with Crippen molar-refractivity contribution in [3.05, 3.63) is 40.2 Å². The molecule has 0 aromatic carbocycles. The quantitative estimate of drug-likeness (QED) is 0.835. The van der Waals surface area contributed by atoms with Gasteiger partial charge >= 0.3 is 0 Å². The molecule has 2 aromatic heterocycles. The van der Waals surface area contributed by atoms with E-state index in [0.717, 1.165) is 24.6 Å². The van der Waals surface area contributed by atoms with Gasteiger partial charge in [0.15, 0.2) is 5.76 Å². The van der Waals surface area contributed by atoms with Crippen LogP contribution in [0.25, 0.3) is 0 Å². The molecular formula is C18H22N4O3S. The van der Waals surface area contributed by atoms with E-state index in [1.807, 2.05) is 10.3 Å². The summed E-state index contributed by atoms with van der Waals surface area (Å²) >= 11 is 1.52. The third-order valence-corrected chi connectivity index (χ3v) is 5.62. The van der Waals surface area contributed by atoms with Crippen molar-refractivity contribution in [1.82, 2.24) is 20.1 Å². The first-order chi connectivity index (χ1) is 12.7. The first kappa shape index (κ1) is 17.2. The summed E-state index contributed by atoms with van der Waals surface area (Å²) in [5.74, 6) is 0.921. The van der Waals surface area contributed by atoms with Crippen molar-refractivity contribution >= 4 is 23.2 Å². The number of amides is 2. The topological polar surface area (TPSA) is 78.7 Å². The molecule has 2 fully saturated rings. The molecule has 2 amide bonds. The Balaban J connectivity index is 1.25. The molecule has 0 spiro atoms. The Morgan fingerprint density at radius 1 is 1.27 bits per heavy atom. The van der Waals surface area contributed by atoms with Crippen molar-refractivity contribution in [3.8, 4) is 0 Å². The van der Waals surface area contributed by atoms with E-state index < -0.39 is 0 Å². The monoisotopic (exact) mass is 374 g/mol. The second-order valence-corrected chi connectivity index (χ2v) is 7.77. The van der Waals surface area contributed by atoms with Gasteiger partial charge in [0, 0.05) is 38.1 Å². The fourth-order valence-corrected chi connectivity index (χ4v) is 3.81. The minimum absolute atomic E-state index is 0.0569. The predicted molar refractivity (Wildman–Crippen MR) is 97.1 cm³/mol. The summed E-state index contributed by atoms with van der Waals surface area (Å²) in [5.41, 5.74) is 0.511. The number of aromatic nitrogens is 1. The van der Waals surface area contributed by atoms with Crippen molar-refractivity contribution in [2.24, 2.45) is 5.92 Å². The fraction of sp³-hybridized carbons (Fsp3) is 0.500. The Labute approximate surface area is 156 Å². The van der Waals surface area contributed by atoms with Gasteiger partial charge in [0.05, 0.1) is 12.8 Å². The van der Waals surface area contributed by atoms with Gasteiger partial charge in [0.2, 0.25) is 0 Å².